The number of carbonyl (C=O) groups excluding carboxylic acids is 1. The summed E-state index contributed by atoms with van der Waals surface area (Å²) in [4.78, 5) is 44.6. The normalized spacial score (nSPS) is 14.2. The first-order valence-corrected chi connectivity index (χ1v) is 16.2. The number of thiazole rings is 1. The number of carbonyl (C=O) groups is 2. The van der Waals surface area contributed by atoms with Gasteiger partial charge in [-0.3, -0.25) is 9.36 Å². The molecule has 48 heavy (non-hydrogen) atoms. The van der Waals surface area contributed by atoms with Crippen molar-refractivity contribution in [1.29, 1.82) is 0 Å². The minimum Gasteiger partial charge on any atom is -0.494 e. The Labute approximate surface area is 280 Å². The van der Waals surface area contributed by atoms with Crippen LogP contribution in [0, 0.1) is 0 Å². The number of hydrogen-bond donors (Lipinski definition) is 1. The monoisotopic (exact) mass is 660 g/mol. The lowest BCUT2D eigenvalue weighted by atomic mass is 9.93. The van der Waals surface area contributed by atoms with Crippen molar-refractivity contribution in [2.75, 3.05) is 13.2 Å². The predicted octanol–water partition coefficient (Wildman–Crippen LogP) is 5.61. The van der Waals surface area contributed by atoms with Crippen LogP contribution in [0.3, 0.4) is 0 Å². The van der Waals surface area contributed by atoms with Crippen molar-refractivity contribution in [3.63, 3.8) is 0 Å². The lowest BCUT2D eigenvalue weighted by Crippen LogP contribution is -2.40. The van der Waals surface area contributed by atoms with Crippen LogP contribution in [-0.4, -0.2) is 34.8 Å². The molecule has 9 nitrogen and oxygen atoms in total. The van der Waals surface area contributed by atoms with Crippen LogP contribution in [0.15, 0.2) is 118 Å². The number of esters is 1. The Morgan fingerprint density at radius 3 is 2.27 bits per heavy atom. The van der Waals surface area contributed by atoms with Gasteiger partial charge in [0.15, 0.2) is 4.80 Å². The highest BCUT2D eigenvalue weighted by atomic mass is 32.1. The topological polar surface area (TPSA) is 116 Å². The first kappa shape index (κ1) is 32.2. The number of carboxylic acid groups (broad SMARTS) is 1. The number of aromatic carboxylic acids is 1. The summed E-state index contributed by atoms with van der Waals surface area (Å²) in [5, 5.41) is 9.19. The maximum atomic E-state index is 14.3. The van der Waals surface area contributed by atoms with E-state index in [9.17, 15) is 19.5 Å². The molecule has 0 fully saturated rings. The summed E-state index contributed by atoms with van der Waals surface area (Å²) in [6, 6.07) is 29.8. The molecular weight excluding hydrogens is 628 g/mol. The quantitative estimate of drug-likeness (QED) is 0.183. The average Bonchev–Trinajstić information content (AvgIpc) is 3.42. The molecule has 0 saturated carbocycles. The van der Waals surface area contributed by atoms with Crippen molar-refractivity contribution in [1.82, 2.24) is 4.57 Å². The molecule has 5 aromatic rings. The van der Waals surface area contributed by atoms with E-state index in [2.05, 4.69) is 0 Å². The zero-order chi connectivity index (χ0) is 33.6. The molecule has 1 N–H and O–H groups in total. The van der Waals surface area contributed by atoms with Crippen LogP contribution in [0.1, 0.15) is 52.5 Å². The van der Waals surface area contributed by atoms with E-state index in [4.69, 9.17) is 19.2 Å². The van der Waals surface area contributed by atoms with Crippen LogP contribution in [0.25, 0.3) is 11.8 Å². The predicted molar refractivity (Wildman–Crippen MR) is 183 cm³/mol. The number of rotatable bonds is 11. The first-order chi connectivity index (χ1) is 23.4. The Bertz CT molecular complexity index is 2170. The molecule has 0 amide bonds. The number of fused-ring (bicyclic) bond motifs is 1. The van der Waals surface area contributed by atoms with Crippen LogP contribution in [0.4, 0.5) is 0 Å². The fourth-order valence-corrected chi connectivity index (χ4v) is 6.44. The van der Waals surface area contributed by atoms with Gasteiger partial charge in [0.2, 0.25) is 0 Å². The largest absolute Gasteiger partial charge is 0.494 e. The number of ether oxygens (including phenoxy) is 3. The second kappa shape index (κ2) is 14.4. The molecule has 10 heteroatoms. The van der Waals surface area contributed by atoms with Crippen molar-refractivity contribution >= 4 is 35.0 Å². The SMILES string of the molecule is CCOC(=O)C1=C(c2ccccc2)N=c2s/c(=C\c3ccccc3OCc3ccc(C(=O)O)cc3)c(=O)n2[C@H]1c1ccc(OCC)cc1. The van der Waals surface area contributed by atoms with Crippen LogP contribution >= 0.6 is 11.3 Å². The van der Waals surface area contributed by atoms with Gasteiger partial charge in [-0.05, 0) is 61.4 Å². The molecule has 0 spiro atoms. The van der Waals surface area contributed by atoms with Crippen molar-refractivity contribution in [2.45, 2.75) is 26.5 Å². The van der Waals surface area contributed by atoms with Gasteiger partial charge in [-0.2, -0.15) is 0 Å². The molecule has 1 aliphatic heterocycles. The van der Waals surface area contributed by atoms with E-state index in [1.165, 1.54) is 23.5 Å². The summed E-state index contributed by atoms with van der Waals surface area (Å²) in [5.41, 5.74) is 3.49. The molecule has 1 aliphatic rings. The second-order valence-corrected chi connectivity index (χ2v) is 11.8. The Hall–Kier alpha value is -5.74. The number of hydrogen-bond acceptors (Lipinski definition) is 8. The molecule has 1 atom stereocenters. The van der Waals surface area contributed by atoms with Crippen LogP contribution in [-0.2, 0) is 16.1 Å². The van der Waals surface area contributed by atoms with Gasteiger partial charge in [-0.15, -0.1) is 0 Å². The van der Waals surface area contributed by atoms with Gasteiger partial charge in [-0.25, -0.2) is 14.6 Å². The molecule has 4 aromatic carbocycles. The highest BCUT2D eigenvalue weighted by molar-refractivity contribution is 7.07. The first-order valence-electron chi connectivity index (χ1n) is 15.4. The third kappa shape index (κ3) is 6.70. The lowest BCUT2D eigenvalue weighted by Gasteiger charge is -2.26. The van der Waals surface area contributed by atoms with Gasteiger partial charge in [0, 0.05) is 11.1 Å². The second-order valence-electron chi connectivity index (χ2n) is 10.8. The van der Waals surface area contributed by atoms with Gasteiger partial charge in [0.05, 0.1) is 40.6 Å². The average molecular weight is 661 g/mol. The zero-order valence-electron chi connectivity index (χ0n) is 26.3. The molecule has 0 unspecified atom stereocenters. The smallest absolute Gasteiger partial charge is 0.338 e. The molecule has 6 rings (SSSR count). The number of para-hydroxylation sites is 1. The molecule has 242 valence electrons. The standard InChI is InChI=1S/C38H32N2O7S/c1-3-45-29-20-18-26(19-21-29)34-32(37(44)46-4-2)33(25-10-6-5-7-11-25)39-38-40(34)35(41)31(48-38)22-28-12-8-9-13-30(28)47-23-24-14-16-27(17-15-24)36(42)43/h5-22,34H,3-4,23H2,1-2H3,(H,42,43)/b31-22-/t34-/m0/s1. The van der Waals surface area contributed by atoms with Crippen molar-refractivity contribution < 1.29 is 28.9 Å². The van der Waals surface area contributed by atoms with Crippen LogP contribution < -0.4 is 24.4 Å². The van der Waals surface area contributed by atoms with Gasteiger partial charge in [-0.1, -0.05) is 84.1 Å². The molecule has 0 aliphatic carbocycles. The molecule has 0 saturated heterocycles. The van der Waals surface area contributed by atoms with Gasteiger partial charge in [0.25, 0.3) is 5.56 Å². The van der Waals surface area contributed by atoms with E-state index in [0.717, 1.165) is 11.1 Å². The molecular formula is C38H32N2O7S. The van der Waals surface area contributed by atoms with Crippen molar-refractivity contribution in [3.8, 4) is 11.5 Å². The fourth-order valence-electron chi connectivity index (χ4n) is 5.45. The fraction of sp³-hybridized carbons (Fsp3) is 0.158. The highest BCUT2D eigenvalue weighted by Gasteiger charge is 2.35. The minimum absolute atomic E-state index is 0.158. The summed E-state index contributed by atoms with van der Waals surface area (Å²) < 4.78 is 19.3. The van der Waals surface area contributed by atoms with Gasteiger partial charge in [0.1, 0.15) is 18.1 Å². The van der Waals surface area contributed by atoms with E-state index in [1.54, 1.807) is 29.7 Å². The van der Waals surface area contributed by atoms with Crippen molar-refractivity contribution in [2.24, 2.45) is 4.99 Å². The molecule has 1 aromatic heterocycles. The maximum Gasteiger partial charge on any atom is 0.338 e. The summed E-state index contributed by atoms with van der Waals surface area (Å²) >= 11 is 1.23. The number of nitrogens with zero attached hydrogens (tertiary/aromatic N) is 2. The van der Waals surface area contributed by atoms with E-state index in [1.807, 2.05) is 85.8 Å². The lowest BCUT2D eigenvalue weighted by molar-refractivity contribution is -0.138. The highest BCUT2D eigenvalue weighted by Crippen LogP contribution is 2.35. The van der Waals surface area contributed by atoms with E-state index >= 15 is 0 Å². The summed E-state index contributed by atoms with van der Waals surface area (Å²) in [7, 11) is 0. The van der Waals surface area contributed by atoms with Crippen molar-refractivity contribution in [3.05, 3.63) is 156 Å². The third-order valence-electron chi connectivity index (χ3n) is 7.68. The Morgan fingerprint density at radius 2 is 1.58 bits per heavy atom. The van der Waals surface area contributed by atoms with Crippen LogP contribution in [0.5, 0.6) is 11.5 Å². The Balaban J connectivity index is 1.47. The summed E-state index contributed by atoms with van der Waals surface area (Å²) in [6.45, 7) is 4.51. The summed E-state index contributed by atoms with van der Waals surface area (Å²) in [5.74, 6) is -0.327. The Kier molecular flexibility index (Phi) is 9.63. The number of carboxylic acids is 1. The third-order valence-corrected chi connectivity index (χ3v) is 8.66. The zero-order valence-corrected chi connectivity index (χ0v) is 27.1. The molecule has 0 radical (unpaired) electrons. The summed E-state index contributed by atoms with van der Waals surface area (Å²) in [6.07, 6.45) is 1.76. The molecule has 0 bridgehead atoms. The van der Waals surface area contributed by atoms with E-state index in [0.29, 0.717) is 44.3 Å². The maximum absolute atomic E-state index is 14.3. The van der Waals surface area contributed by atoms with Gasteiger partial charge >= 0.3 is 11.9 Å². The van der Waals surface area contributed by atoms with E-state index in [-0.39, 0.29) is 29.9 Å². The minimum atomic E-state index is -0.996. The Morgan fingerprint density at radius 1 is 0.875 bits per heavy atom. The van der Waals surface area contributed by atoms with Crippen LogP contribution in [0.2, 0.25) is 0 Å². The van der Waals surface area contributed by atoms with Gasteiger partial charge < -0.3 is 19.3 Å². The molecule has 2 heterocycles. The number of benzene rings is 4. The van der Waals surface area contributed by atoms with E-state index < -0.39 is 18.0 Å². The number of aromatic nitrogens is 1.